The fraction of sp³-hybridized carbons (Fsp3) is 0.0625. The van der Waals surface area contributed by atoms with Gasteiger partial charge in [-0.25, -0.2) is 0 Å². The standard InChI is InChI=1S/C16H17NO/c1-15(14-18)10-6-3-2-4-9-13-17-16-11-7-5-8-12-16/h2-14,17H,1H3/b4-2+,6-3+,13-9+,15-10+. The first-order valence-electron chi connectivity index (χ1n) is 5.76. The largest absolute Gasteiger partial charge is 0.362 e. The molecule has 1 aromatic rings. The lowest BCUT2D eigenvalue weighted by Crippen LogP contribution is -1.84. The number of hydrogen-bond donors (Lipinski definition) is 1. The molecule has 0 saturated carbocycles. The van der Waals surface area contributed by atoms with Gasteiger partial charge in [0, 0.05) is 11.9 Å². The van der Waals surface area contributed by atoms with E-state index in [1.54, 1.807) is 13.0 Å². The van der Waals surface area contributed by atoms with Gasteiger partial charge in [0.25, 0.3) is 0 Å². The second-order valence-corrected chi connectivity index (χ2v) is 3.67. The van der Waals surface area contributed by atoms with E-state index in [0.717, 1.165) is 12.0 Å². The summed E-state index contributed by atoms with van der Waals surface area (Å²) in [6, 6.07) is 9.95. The van der Waals surface area contributed by atoms with Crippen LogP contribution in [0.4, 0.5) is 5.69 Å². The molecule has 0 fully saturated rings. The van der Waals surface area contributed by atoms with Crippen molar-refractivity contribution in [3.8, 4) is 0 Å². The lowest BCUT2D eigenvalue weighted by Gasteiger charge is -1.97. The van der Waals surface area contributed by atoms with E-state index in [4.69, 9.17) is 0 Å². The van der Waals surface area contributed by atoms with Gasteiger partial charge in [-0.05, 0) is 30.7 Å². The summed E-state index contributed by atoms with van der Waals surface area (Å²) in [5, 5.41) is 3.15. The third-order valence-electron chi connectivity index (χ3n) is 2.11. The van der Waals surface area contributed by atoms with Crippen LogP contribution in [-0.2, 0) is 4.79 Å². The monoisotopic (exact) mass is 239 g/mol. The Bertz CT molecular complexity index is 467. The van der Waals surface area contributed by atoms with Gasteiger partial charge in [0.05, 0.1) is 0 Å². The number of carbonyl (C=O) groups excluding carboxylic acids is 1. The lowest BCUT2D eigenvalue weighted by atomic mass is 10.3. The van der Waals surface area contributed by atoms with Crippen LogP contribution < -0.4 is 5.32 Å². The Kier molecular flexibility index (Phi) is 6.68. The Morgan fingerprint density at radius 3 is 2.39 bits per heavy atom. The van der Waals surface area contributed by atoms with E-state index in [0.29, 0.717) is 5.57 Å². The molecule has 1 N–H and O–H groups in total. The summed E-state index contributed by atoms with van der Waals surface area (Å²) >= 11 is 0. The fourth-order valence-corrected chi connectivity index (χ4v) is 1.17. The second-order valence-electron chi connectivity index (χ2n) is 3.67. The molecule has 0 aliphatic carbocycles. The van der Waals surface area contributed by atoms with E-state index < -0.39 is 0 Å². The van der Waals surface area contributed by atoms with E-state index in [9.17, 15) is 4.79 Å². The van der Waals surface area contributed by atoms with Crippen molar-refractivity contribution in [3.63, 3.8) is 0 Å². The Morgan fingerprint density at radius 1 is 1.00 bits per heavy atom. The number of aldehydes is 1. The van der Waals surface area contributed by atoms with Crippen molar-refractivity contribution < 1.29 is 4.79 Å². The number of hydrogen-bond acceptors (Lipinski definition) is 2. The normalized spacial score (nSPS) is 12.6. The molecule has 0 aliphatic rings. The lowest BCUT2D eigenvalue weighted by molar-refractivity contribution is -0.104. The predicted molar refractivity (Wildman–Crippen MR) is 77.3 cm³/mol. The molecule has 0 aliphatic heterocycles. The van der Waals surface area contributed by atoms with Crippen molar-refractivity contribution >= 4 is 12.0 Å². The topological polar surface area (TPSA) is 29.1 Å². The Hall–Kier alpha value is -2.35. The van der Waals surface area contributed by atoms with Gasteiger partial charge in [0.2, 0.25) is 0 Å². The van der Waals surface area contributed by atoms with Crippen LogP contribution in [0.1, 0.15) is 6.92 Å². The van der Waals surface area contributed by atoms with Gasteiger partial charge < -0.3 is 5.32 Å². The summed E-state index contributed by atoms with van der Waals surface area (Å²) in [7, 11) is 0. The van der Waals surface area contributed by atoms with E-state index in [-0.39, 0.29) is 0 Å². The van der Waals surface area contributed by atoms with Gasteiger partial charge in [-0.3, -0.25) is 4.79 Å². The highest BCUT2D eigenvalue weighted by molar-refractivity contribution is 5.72. The summed E-state index contributed by atoms with van der Waals surface area (Å²) in [4.78, 5) is 10.3. The minimum absolute atomic E-state index is 0.709. The van der Waals surface area contributed by atoms with Gasteiger partial charge in [0.15, 0.2) is 0 Å². The molecule has 0 radical (unpaired) electrons. The van der Waals surface area contributed by atoms with Gasteiger partial charge in [-0.15, -0.1) is 0 Å². The number of rotatable bonds is 6. The maximum absolute atomic E-state index is 10.3. The average molecular weight is 239 g/mol. The molecule has 0 heterocycles. The van der Waals surface area contributed by atoms with Crippen molar-refractivity contribution in [1.29, 1.82) is 0 Å². The first-order valence-corrected chi connectivity index (χ1v) is 5.76. The minimum atomic E-state index is 0.709. The predicted octanol–water partition coefficient (Wildman–Crippen LogP) is 3.87. The SMILES string of the molecule is C\C(C=O)=C/C=C/C=C/C=C/Nc1ccccc1. The average Bonchev–Trinajstić information content (AvgIpc) is 2.42. The Morgan fingerprint density at radius 2 is 1.67 bits per heavy atom. The molecule has 1 aromatic carbocycles. The smallest absolute Gasteiger partial charge is 0.145 e. The Labute approximate surface area is 108 Å². The molecule has 1 rings (SSSR count). The third kappa shape index (κ3) is 6.28. The van der Waals surface area contributed by atoms with Crippen molar-refractivity contribution in [1.82, 2.24) is 0 Å². The maximum Gasteiger partial charge on any atom is 0.145 e. The van der Waals surface area contributed by atoms with E-state index in [1.807, 2.05) is 66.9 Å². The second kappa shape index (κ2) is 8.76. The van der Waals surface area contributed by atoms with Gasteiger partial charge in [-0.1, -0.05) is 48.6 Å². The summed E-state index contributed by atoms with van der Waals surface area (Å²) in [6.45, 7) is 1.77. The van der Waals surface area contributed by atoms with Crippen molar-refractivity contribution in [2.75, 3.05) is 5.32 Å². The van der Waals surface area contributed by atoms with Crippen molar-refractivity contribution in [2.45, 2.75) is 6.92 Å². The van der Waals surface area contributed by atoms with Crippen LogP contribution in [0.3, 0.4) is 0 Å². The van der Waals surface area contributed by atoms with Crippen LogP contribution >= 0.6 is 0 Å². The van der Waals surface area contributed by atoms with Gasteiger partial charge >= 0.3 is 0 Å². The number of benzene rings is 1. The highest BCUT2D eigenvalue weighted by atomic mass is 16.1. The zero-order valence-electron chi connectivity index (χ0n) is 10.4. The van der Waals surface area contributed by atoms with Crippen LogP contribution in [-0.4, -0.2) is 6.29 Å². The van der Waals surface area contributed by atoms with Crippen LogP contribution in [0.15, 0.2) is 78.6 Å². The zero-order valence-corrected chi connectivity index (χ0v) is 10.4. The molecule has 0 spiro atoms. The molecule has 92 valence electrons. The molecule has 0 atom stereocenters. The molecular weight excluding hydrogens is 222 g/mol. The van der Waals surface area contributed by atoms with E-state index in [2.05, 4.69) is 5.32 Å². The highest BCUT2D eigenvalue weighted by Gasteiger charge is 1.81. The number of carbonyl (C=O) groups is 1. The van der Waals surface area contributed by atoms with Crippen LogP contribution in [0.5, 0.6) is 0 Å². The highest BCUT2D eigenvalue weighted by Crippen LogP contribution is 2.04. The molecule has 0 amide bonds. The summed E-state index contributed by atoms with van der Waals surface area (Å²) in [5.74, 6) is 0. The maximum atomic E-state index is 10.3. The molecule has 0 unspecified atom stereocenters. The molecule has 0 bridgehead atoms. The number of para-hydroxylation sites is 1. The summed E-state index contributed by atoms with van der Waals surface area (Å²) < 4.78 is 0. The molecule has 2 nitrogen and oxygen atoms in total. The van der Waals surface area contributed by atoms with Gasteiger partial charge in [0.1, 0.15) is 6.29 Å². The molecule has 0 saturated heterocycles. The van der Waals surface area contributed by atoms with E-state index in [1.165, 1.54) is 0 Å². The summed E-state index contributed by atoms with van der Waals surface area (Å²) in [5.41, 5.74) is 1.77. The summed E-state index contributed by atoms with van der Waals surface area (Å²) in [6.07, 6.45) is 13.9. The fourth-order valence-electron chi connectivity index (χ4n) is 1.17. The van der Waals surface area contributed by atoms with Crippen LogP contribution in [0.25, 0.3) is 0 Å². The first-order chi connectivity index (χ1) is 8.83. The number of nitrogens with one attached hydrogen (secondary N) is 1. The van der Waals surface area contributed by atoms with Crippen molar-refractivity contribution in [3.05, 3.63) is 78.6 Å². The number of anilines is 1. The zero-order chi connectivity index (χ0) is 13.1. The Balaban J connectivity index is 2.30. The first kappa shape index (κ1) is 13.7. The molecule has 0 aromatic heterocycles. The van der Waals surface area contributed by atoms with E-state index >= 15 is 0 Å². The van der Waals surface area contributed by atoms with Crippen molar-refractivity contribution in [2.24, 2.45) is 0 Å². The quantitative estimate of drug-likeness (QED) is 0.464. The van der Waals surface area contributed by atoms with Crippen LogP contribution in [0, 0.1) is 0 Å². The third-order valence-corrected chi connectivity index (χ3v) is 2.11. The molecule has 18 heavy (non-hydrogen) atoms. The van der Waals surface area contributed by atoms with Crippen LogP contribution in [0.2, 0.25) is 0 Å². The van der Waals surface area contributed by atoms with Gasteiger partial charge in [-0.2, -0.15) is 0 Å². The minimum Gasteiger partial charge on any atom is -0.362 e. The molecule has 2 heteroatoms. The molecular formula is C16H17NO. The number of allylic oxidation sites excluding steroid dienone is 7.